The zero-order chi connectivity index (χ0) is 10.8. The Morgan fingerprint density at radius 1 is 1.43 bits per heavy atom. The molecular formula is C12H19NS. The highest BCUT2D eigenvalue weighted by Crippen LogP contribution is 2.36. The molecule has 0 unspecified atom stereocenters. The molecule has 2 heteroatoms. The summed E-state index contributed by atoms with van der Waals surface area (Å²) < 4.78 is 0. The lowest BCUT2D eigenvalue weighted by molar-refractivity contribution is 0.604. The SMILES string of the molecule is CC=Nc1cc(C(C)(C)C)sc1CC. The number of nitrogens with zero attached hydrogens (tertiary/aromatic N) is 1. The maximum atomic E-state index is 4.40. The minimum atomic E-state index is 0.246. The standard InChI is InChI=1S/C12H19NS/c1-6-10-9(13-7-2)8-11(14-10)12(3,4)5/h7-8H,6H2,1-5H3. The van der Waals surface area contributed by atoms with Gasteiger partial charge in [-0.3, -0.25) is 4.99 Å². The van der Waals surface area contributed by atoms with Crippen LogP contribution in [0.15, 0.2) is 11.1 Å². The van der Waals surface area contributed by atoms with Gasteiger partial charge in [-0.2, -0.15) is 0 Å². The molecule has 1 heterocycles. The van der Waals surface area contributed by atoms with Crippen LogP contribution in [0.3, 0.4) is 0 Å². The van der Waals surface area contributed by atoms with Crippen LogP contribution in [0.4, 0.5) is 5.69 Å². The Morgan fingerprint density at radius 2 is 2.07 bits per heavy atom. The van der Waals surface area contributed by atoms with Gasteiger partial charge >= 0.3 is 0 Å². The summed E-state index contributed by atoms with van der Waals surface area (Å²) >= 11 is 1.89. The summed E-state index contributed by atoms with van der Waals surface area (Å²) in [7, 11) is 0. The Hall–Kier alpha value is -0.630. The largest absolute Gasteiger partial charge is 0.260 e. The highest BCUT2D eigenvalue weighted by atomic mass is 32.1. The van der Waals surface area contributed by atoms with Crippen molar-refractivity contribution in [2.45, 2.75) is 46.5 Å². The first-order valence-corrected chi connectivity index (χ1v) is 5.92. The fourth-order valence-corrected chi connectivity index (χ4v) is 2.39. The molecule has 14 heavy (non-hydrogen) atoms. The first-order valence-electron chi connectivity index (χ1n) is 5.11. The Balaban J connectivity index is 3.13. The fraction of sp³-hybridized carbons (Fsp3) is 0.583. The molecule has 0 N–H and O–H groups in total. The van der Waals surface area contributed by atoms with Crippen molar-refractivity contribution in [3.63, 3.8) is 0 Å². The molecule has 0 saturated heterocycles. The van der Waals surface area contributed by atoms with E-state index in [9.17, 15) is 0 Å². The molecule has 0 atom stereocenters. The summed E-state index contributed by atoms with van der Waals surface area (Å²) in [5.41, 5.74) is 1.40. The van der Waals surface area contributed by atoms with Crippen molar-refractivity contribution in [2.75, 3.05) is 0 Å². The van der Waals surface area contributed by atoms with Gasteiger partial charge in [-0.15, -0.1) is 11.3 Å². The molecule has 1 rings (SSSR count). The molecule has 1 aromatic rings. The average molecular weight is 209 g/mol. The lowest BCUT2D eigenvalue weighted by Gasteiger charge is -2.15. The molecule has 1 aromatic heterocycles. The van der Waals surface area contributed by atoms with Crippen LogP contribution in [0.1, 0.15) is 44.4 Å². The monoisotopic (exact) mass is 209 g/mol. The summed E-state index contributed by atoms with van der Waals surface area (Å²) in [5, 5.41) is 0. The first kappa shape index (κ1) is 11.4. The minimum absolute atomic E-state index is 0.246. The van der Waals surface area contributed by atoms with Gasteiger partial charge in [0.05, 0.1) is 5.69 Å². The first-order chi connectivity index (χ1) is 6.49. The highest BCUT2D eigenvalue weighted by Gasteiger charge is 2.18. The number of aryl methyl sites for hydroxylation is 1. The Kier molecular flexibility index (Phi) is 3.48. The maximum absolute atomic E-state index is 4.40. The third-order valence-corrected chi connectivity index (χ3v) is 3.81. The van der Waals surface area contributed by atoms with Gasteiger partial charge in [-0.1, -0.05) is 27.7 Å². The second-order valence-electron chi connectivity index (χ2n) is 4.41. The van der Waals surface area contributed by atoms with Crippen LogP contribution in [0, 0.1) is 0 Å². The van der Waals surface area contributed by atoms with E-state index in [2.05, 4.69) is 38.8 Å². The smallest absolute Gasteiger partial charge is 0.0767 e. The zero-order valence-electron chi connectivity index (χ0n) is 9.72. The van der Waals surface area contributed by atoms with E-state index in [1.54, 1.807) is 0 Å². The molecule has 1 nitrogen and oxygen atoms in total. The van der Waals surface area contributed by atoms with Crippen molar-refractivity contribution >= 4 is 23.2 Å². The Labute approximate surface area is 90.9 Å². The van der Waals surface area contributed by atoms with Gasteiger partial charge in [0.2, 0.25) is 0 Å². The van der Waals surface area contributed by atoms with Crippen LogP contribution in [0.2, 0.25) is 0 Å². The predicted octanol–water partition coefficient (Wildman–Crippen LogP) is 4.33. The zero-order valence-corrected chi connectivity index (χ0v) is 10.5. The van der Waals surface area contributed by atoms with E-state index in [1.165, 1.54) is 9.75 Å². The summed E-state index contributed by atoms with van der Waals surface area (Å²) in [5.74, 6) is 0. The number of hydrogen-bond acceptors (Lipinski definition) is 2. The molecule has 0 fully saturated rings. The Bertz CT molecular complexity index is 329. The second-order valence-corrected chi connectivity index (χ2v) is 5.55. The average Bonchev–Trinajstić information content (AvgIpc) is 2.47. The van der Waals surface area contributed by atoms with Crippen molar-refractivity contribution in [2.24, 2.45) is 4.99 Å². The third kappa shape index (κ3) is 2.44. The maximum Gasteiger partial charge on any atom is 0.0767 e. The van der Waals surface area contributed by atoms with Crippen molar-refractivity contribution in [1.29, 1.82) is 0 Å². The number of rotatable bonds is 2. The summed E-state index contributed by atoms with van der Waals surface area (Å²) in [6, 6.07) is 2.23. The van der Waals surface area contributed by atoms with Gasteiger partial charge in [0, 0.05) is 16.0 Å². The topological polar surface area (TPSA) is 12.4 Å². The van der Waals surface area contributed by atoms with Gasteiger partial charge < -0.3 is 0 Å². The third-order valence-electron chi connectivity index (χ3n) is 2.12. The van der Waals surface area contributed by atoms with E-state index in [4.69, 9.17) is 0 Å². The normalized spacial score (nSPS) is 12.6. The van der Waals surface area contributed by atoms with Crippen LogP contribution in [0.5, 0.6) is 0 Å². The molecule has 0 aliphatic heterocycles. The van der Waals surface area contributed by atoms with Gasteiger partial charge in [0.1, 0.15) is 0 Å². The molecule has 0 aromatic carbocycles. The Morgan fingerprint density at radius 3 is 2.50 bits per heavy atom. The lowest BCUT2D eigenvalue weighted by atomic mass is 9.94. The fourth-order valence-electron chi connectivity index (χ4n) is 1.29. The molecule has 0 saturated carbocycles. The summed E-state index contributed by atoms with van der Waals surface area (Å²) in [6.45, 7) is 10.9. The second kappa shape index (κ2) is 4.26. The molecule has 0 radical (unpaired) electrons. The van der Waals surface area contributed by atoms with Crippen molar-refractivity contribution in [3.05, 3.63) is 15.8 Å². The van der Waals surface area contributed by atoms with E-state index >= 15 is 0 Å². The summed E-state index contributed by atoms with van der Waals surface area (Å²) in [4.78, 5) is 7.22. The van der Waals surface area contributed by atoms with Crippen LogP contribution in [-0.4, -0.2) is 6.21 Å². The number of thiophene rings is 1. The molecule has 0 aliphatic rings. The van der Waals surface area contributed by atoms with E-state index in [0.29, 0.717) is 0 Å². The van der Waals surface area contributed by atoms with E-state index in [-0.39, 0.29) is 5.41 Å². The van der Waals surface area contributed by atoms with Gasteiger partial charge in [-0.25, -0.2) is 0 Å². The van der Waals surface area contributed by atoms with Crippen LogP contribution in [-0.2, 0) is 11.8 Å². The number of aliphatic imine (C=N–C) groups is 1. The van der Waals surface area contributed by atoms with Crippen LogP contribution in [0.25, 0.3) is 0 Å². The molecule has 0 bridgehead atoms. The van der Waals surface area contributed by atoms with E-state index < -0.39 is 0 Å². The van der Waals surface area contributed by atoms with Gasteiger partial charge in [0.25, 0.3) is 0 Å². The van der Waals surface area contributed by atoms with Crippen LogP contribution >= 0.6 is 11.3 Å². The summed E-state index contributed by atoms with van der Waals surface area (Å²) in [6.07, 6.45) is 2.95. The van der Waals surface area contributed by atoms with E-state index in [1.807, 2.05) is 24.5 Å². The van der Waals surface area contributed by atoms with E-state index in [0.717, 1.165) is 12.1 Å². The van der Waals surface area contributed by atoms with Crippen LogP contribution < -0.4 is 0 Å². The van der Waals surface area contributed by atoms with Crippen molar-refractivity contribution in [3.8, 4) is 0 Å². The molecular weight excluding hydrogens is 190 g/mol. The molecule has 0 aliphatic carbocycles. The lowest BCUT2D eigenvalue weighted by Crippen LogP contribution is -2.07. The van der Waals surface area contributed by atoms with Crippen molar-refractivity contribution < 1.29 is 0 Å². The molecule has 0 spiro atoms. The quantitative estimate of drug-likeness (QED) is 0.643. The van der Waals surface area contributed by atoms with Crippen molar-refractivity contribution in [1.82, 2.24) is 0 Å². The van der Waals surface area contributed by atoms with Gasteiger partial charge in [0.15, 0.2) is 0 Å². The minimum Gasteiger partial charge on any atom is -0.260 e. The van der Waals surface area contributed by atoms with Gasteiger partial charge in [-0.05, 0) is 24.8 Å². The predicted molar refractivity (Wildman–Crippen MR) is 66.2 cm³/mol. The number of hydrogen-bond donors (Lipinski definition) is 0. The molecule has 0 amide bonds. The highest BCUT2D eigenvalue weighted by molar-refractivity contribution is 7.12. The molecule has 78 valence electrons.